The number of nitrogens with one attached hydrogen (secondary N) is 2. The average molecular weight is 319 g/mol. The number of nitrogens with zero attached hydrogens (tertiary/aromatic N) is 1. The van der Waals surface area contributed by atoms with E-state index in [-0.39, 0.29) is 17.9 Å². The van der Waals surface area contributed by atoms with E-state index in [0.29, 0.717) is 42.7 Å². The van der Waals surface area contributed by atoms with Crippen molar-refractivity contribution >= 4 is 16.8 Å². The Hall–Kier alpha value is -2.25. The van der Waals surface area contributed by atoms with Crippen molar-refractivity contribution in [1.82, 2.24) is 15.2 Å². The maximum absolute atomic E-state index is 13.2. The number of benzene rings is 1. The van der Waals surface area contributed by atoms with Gasteiger partial charge in [-0.15, -0.1) is 0 Å². The Balaban J connectivity index is 1.89. The summed E-state index contributed by atoms with van der Waals surface area (Å²) in [6.45, 7) is 1.48. The van der Waals surface area contributed by atoms with E-state index in [1.165, 1.54) is 24.3 Å². The van der Waals surface area contributed by atoms with Crippen molar-refractivity contribution in [3.8, 4) is 0 Å². The molecule has 0 saturated carbocycles. The van der Waals surface area contributed by atoms with Gasteiger partial charge in [0.05, 0.1) is 6.04 Å². The van der Waals surface area contributed by atoms with Crippen LogP contribution in [0.25, 0.3) is 10.9 Å². The fourth-order valence-electron chi connectivity index (χ4n) is 2.97. The molecule has 1 unspecified atom stereocenters. The molecule has 1 fully saturated rings. The van der Waals surface area contributed by atoms with Crippen molar-refractivity contribution in [3.05, 3.63) is 46.0 Å². The van der Waals surface area contributed by atoms with Gasteiger partial charge in [-0.3, -0.25) is 14.5 Å². The Kier molecular flexibility index (Phi) is 4.40. The minimum absolute atomic E-state index is 0.0812. The number of fused-ring (bicyclic) bond motifs is 1. The third kappa shape index (κ3) is 3.25. The van der Waals surface area contributed by atoms with Crippen LogP contribution in [0.15, 0.2) is 29.1 Å². The molecule has 2 aromatic rings. The van der Waals surface area contributed by atoms with E-state index in [9.17, 15) is 14.0 Å². The van der Waals surface area contributed by atoms with Crippen LogP contribution in [-0.2, 0) is 11.3 Å². The lowest BCUT2D eigenvalue weighted by Gasteiger charge is -2.34. The molecule has 1 saturated heterocycles. The van der Waals surface area contributed by atoms with Crippen molar-refractivity contribution in [1.29, 1.82) is 0 Å². The normalized spacial score (nSPS) is 19.0. The van der Waals surface area contributed by atoms with E-state index in [4.69, 9.17) is 5.11 Å². The van der Waals surface area contributed by atoms with E-state index in [2.05, 4.69) is 10.3 Å². The molecule has 6 nitrogen and oxygen atoms in total. The number of rotatable bonds is 4. The molecule has 3 N–H and O–H groups in total. The standard InChI is InChI=1S/C16H18FN3O3/c17-10-1-2-13-12(7-10)15(22)8-11(19-13)9-20-5-4-18-16(23)14(20)3-6-21/h1-2,7-8,14,21H,3-6,9H2,(H,18,23)(H,19,22). The molecule has 0 spiro atoms. The van der Waals surface area contributed by atoms with Crippen molar-refractivity contribution in [2.75, 3.05) is 19.7 Å². The predicted molar refractivity (Wildman–Crippen MR) is 83.4 cm³/mol. The number of hydrogen-bond acceptors (Lipinski definition) is 4. The molecule has 1 aromatic heterocycles. The number of amides is 1. The van der Waals surface area contributed by atoms with Crippen LogP contribution in [0.2, 0.25) is 0 Å². The molecular weight excluding hydrogens is 301 g/mol. The minimum atomic E-state index is -0.452. The second-order valence-corrected chi connectivity index (χ2v) is 5.64. The van der Waals surface area contributed by atoms with Crippen LogP contribution in [0, 0.1) is 5.82 Å². The lowest BCUT2D eigenvalue weighted by Crippen LogP contribution is -2.55. The van der Waals surface area contributed by atoms with Gasteiger partial charge in [-0.05, 0) is 24.6 Å². The first kappa shape index (κ1) is 15.6. The number of aromatic nitrogens is 1. The zero-order valence-corrected chi connectivity index (χ0v) is 12.5. The highest BCUT2D eigenvalue weighted by atomic mass is 19.1. The number of aromatic amines is 1. The fourth-order valence-corrected chi connectivity index (χ4v) is 2.97. The lowest BCUT2D eigenvalue weighted by atomic mass is 10.1. The van der Waals surface area contributed by atoms with E-state index in [1.807, 2.05) is 4.90 Å². The number of H-pyrrole nitrogens is 1. The van der Waals surface area contributed by atoms with Crippen molar-refractivity contribution < 1.29 is 14.3 Å². The Morgan fingerprint density at radius 1 is 1.30 bits per heavy atom. The van der Waals surface area contributed by atoms with Gasteiger partial charge >= 0.3 is 0 Å². The molecule has 122 valence electrons. The van der Waals surface area contributed by atoms with Crippen LogP contribution >= 0.6 is 0 Å². The fraction of sp³-hybridized carbons (Fsp3) is 0.375. The number of aliphatic hydroxyl groups excluding tert-OH is 1. The van der Waals surface area contributed by atoms with Gasteiger partial charge < -0.3 is 15.4 Å². The quantitative estimate of drug-likeness (QED) is 0.759. The molecule has 1 aliphatic heterocycles. The number of halogens is 1. The SMILES string of the molecule is O=C1NCCN(Cc2cc(=O)c3cc(F)ccc3[nH]2)C1CCO. The molecule has 0 aliphatic carbocycles. The highest BCUT2D eigenvalue weighted by molar-refractivity contribution is 5.82. The summed E-state index contributed by atoms with van der Waals surface area (Å²) in [6.07, 6.45) is 0.342. The molecule has 1 aromatic carbocycles. The Morgan fingerprint density at radius 2 is 2.13 bits per heavy atom. The predicted octanol–water partition coefficient (Wildman–Crippen LogP) is 0.350. The molecule has 1 amide bonds. The topological polar surface area (TPSA) is 85.4 Å². The number of pyridine rings is 1. The van der Waals surface area contributed by atoms with Gasteiger partial charge in [0.25, 0.3) is 0 Å². The molecule has 2 heterocycles. The molecule has 1 atom stereocenters. The molecule has 23 heavy (non-hydrogen) atoms. The van der Waals surface area contributed by atoms with Crippen molar-refractivity contribution in [2.24, 2.45) is 0 Å². The number of aliphatic hydroxyl groups is 1. The van der Waals surface area contributed by atoms with Gasteiger partial charge in [0.1, 0.15) is 5.82 Å². The monoisotopic (exact) mass is 319 g/mol. The second-order valence-electron chi connectivity index (χ2n) is 5.64. The van der Waals surface area contributed by atoms with Crippen molar-refractivity contribution in [2.45, 2.75) is 19.0 Å². The number of piperazine rings is 1. The Morgan fingerprint density at radius 3 is 2.91 bits per heavy atom. The minimum Gasteiger partial charge on any atom is -0.396 e. The maximum atomic E-state index is 13.2. The number of carbonyl (C=O) groups is 1. The number of carbonyl (C=O) groups excluding carboxylic acids is 1. The summed E-state index contributed by atoms with van der Waals surface area (Å²) >= 11 is 0. The summed E-state index contributed by atoms with van der Waals surface area (Å²) in [7, 11) is 0. The maximum Gasteiger partial charge on any atom is 0.237 e. The van der Waals surface area contributed by atoms with E-state index in [0.717, 1.165) is 0 Å². The van der Waals surface area contributed by atoms with Gasteiger partial charge in [0, 0.05) is 48.9 Å². The highest BCUT2D eigenvalue weighted by Gasteiger charge is 2.29. The first-order valence-corrected chi connectivity index (χ1v) is 7.52. The summed E-state index contributed by atoms with van der Waals surface area (Å²) in [6, 6.07) is 5.06. The summed E-state index contributed by atoms with van der Waals surface area (Å²) in [5.41, 5.74) is 0.967. The third-order valence-electron chi connectivity index (χ3n) is 4.07. The third-order valence-corrected chi connectivity index (χ3v) is 4.07. The van der Waals surface area contributed by atoms with Crippen LogP contribution in [0.3, 0.4) is 0 Å². The van der Waals surface area contributed by atoms with Gasteiger partial charge in [0.2, 0.25) is 5.91 Å². The molecule has 7 heteroatoms. The highest BCUT2D eigenvalue weighted by Crippen LogP contribution is 2.15. The van der Waals surface area contributed by atoms with Crippen LogP contribution in [-0.4, -0.2) is 46.6 Å². The van der Waals surface area contributed by atoms with E-state index >= 15 is 0 Å². The smallest absolute Gasteiger partial charge is 0.237 e. The zero-order chi connectivity index (χ0) is 16.4. The van der Waals surface area contributed by atoms with Crippen LogP contribution in [0.4, 0.5) is 4.39 Å². The Bertz CT molecular complexity index is 790. The number of hydrogen-bond donors (Lipinski definition) is 3. The summed E-state index contributed by atoms with van der Waals surface area (Å²) in [5, 5.41) is 12.2. The van der Waals surface area contributed by atoms with Crippen LogP contribution < -0.4 is 10.7 Å². The van der Waals surface area contributed by atoms with E-state index < -0.39 is 11.9 Å². The molecule has 0 bridgehead atoms. The summed E-state index contributed by atoms with van der Waals surface area (Å²) in [5.74, 6) is -0.568. The van der Waals surface area contributed by atoms with Gasteiger partial charge in [-0.2, -0.15) is 0 Å². The molecular formula is C16H18FN3O3. The van der Waals surface area contributed by atoms with Gasteiger partial charge in [-0.1, -0.05) is 0 Å². The zero-order valence-electron chi connectivity index (χ0n) is 12.5. The average Bonchev–Trinajstić information content (AvgIpc) is 2.52. The lowest BCUT2D eigenvalue weighted by molar-refractivity contribution is -0.130. The van der Waals surface area contributed by atoms with Gasteiger partial charge in [0.15, 0.2) is 5.43 Å². The molecule has 3 rings (SSSR count). The van der Waals surface area contributed by atoms with Crippen LogP contribution in [0.1, 0.15) is 12.1 Å². The first-order valence-electron chi connectivity index (χ1n) is 7.52. The molecule has 1 aliphatic rings. The van der Waals surface area contributed by atoms with Gasteiger partial charge in [-0.25, -0.2) is 4.39 Å². The molecule has 0 radical (unpaired) electrons. The summed E-state index contributed by atoms with van der Waals surface area (Å²) in [4.78, 5) is 29.1. The second kappa shape index (κ2) is 6.47. The van der Waals surface area contributed by atoms with Crippen LogP contribution in [0.5, 0.6) is 0 Å². The first-order chi connectivity index (χ1) is 11.1. The largest absolute Gasteiger partial charge is 0.396 e. The van der Waals surface area contributed by atoms with E-state index in [1.54, 1.807) is 0 Å². The van der Waals surface area contributed by atoms with Crippen molar-refractivity contribution in [3.63, 3.8) is 0 Å². The Labute approximate surface area is 131 Å². The summed E-state index contributed by atoms with van der Waals surface area (Å²) < 4.78 is 13.2.